The van der Waals surface area contributed by atoms with Crippen LogP contribution in [0.4, 0.5) is 4.79 Å². The van der Waals surface area contributed by atoms with Gasteiger partial charge in [0.05, 0.1) is 67.4 Å². The second-order valence-corrected chi connectivity index (χ2v) is 14.6. The van der Waals surface area contributed by atoms with E-state index in [1.807, 2.05) is 64.7 Å². The first-order chi connectivity index (χ1) is 27.7. The van der Waals surface area contributed by atoms with Crippen LogP contribution in [0.3, 0.4) is 0 Å². The van der Waals surface area contributed by atoms with Crippen LogP contribution in [0, 0.1) is 0 Å². The van der Waals surface area contributed by atoms with E-state index in [2.05, 4.69) is 65.5 Å². The molecule has 8 rings (SSSR count). The molecule has 57 heavy (non-hydrogen) atoms. The number of ether oxygens (including phenoxy) is 1. The van der Waals surface area contributed by atoms with Gasteiger partial charge in [-0.2, -0.15) is 5.06 Å². The maximum absolute atomic E-state index is 13.4. The summed E-state index contributed by atoms with van der Waals surface area (Å²) < 4.78 is 4.68. The quantitative estimate of drug-likeness (QED) is 0.104. The summed E-state index contributed by atoms with van der Waals surface area (Å²) in [7, 11) is 1.28. The first kappa shape index (κ1) is 37.9. The highest BCUT2D eigenvalue weighted by atomic mass is 16.7. The number of aliphatic hydroxyl groups is 1. The van der Waals surface area contributed by atoms with E-state index in [4.69, 9.17) is 15.6 Å². The van der Waals surface area contributed by atoms with Crippen LogP contribution in [0.25, 0.3) is 44.7 Å². The van der Waals surface area contributed by atoms with Gasteiger partial charge in [0.2, 0.25) is 5.91 Å². The molecule has 0 saturated carbocycles. The Bertz CT molecular complexity index is 2330. The largest absolute Gasteiger partial charge is 0.453 e. The molecule has 3 aromatic carbocycles. The molecule has 0 bridgehead atoms. The smallest absolute Gasteiger partial charge is 0.407 e. The van der Waals surface area contributed by atoms with Gasteiger partial charge in [-0.15, -0.1) is 10.2 Å². The Morgan fingerprint density at radius 1 is 0.860 bits per heavy atom. The third-order valence-corrected chi connectivity index (χ3v) is 10.9. The number of aromatic nitrogens is 6. The van der Waals surface area contributed by atoms with E-state index in [9.17, 15) is 14.7 Å². The molecule has 0 spiro atoms. The number of hydrogen-bond acceptors (Lipinski definition) is 11. The van der Waals surface area contributed by atoms with E-state index in [1.165, 1.54) is 7.11 Å². The van der Waals surface area contributed by atoms with Crippen molar-refractivity contribution in [2.24, 2.45) is 5.73 Å². The number of aliphatic hydroxyl groups excluding tert-OH is 1. The highest BCUT2D eigenvalue weighted by Gasteiger charge is 2.35. The van der Waals surface area contributed by atoms with Crippen LogP contribution in [0.15, 0.2) is 91.3 Å². The molecule has 6 aromatic rings. The zero-order valence-corrected chi connectivity index (χ0v) is 31.8. The number of nitrogens with zero attached hydrogens (tertiary/aromatic N) is 6. The molecule has 6 N–H and O–H groups in total. The Morgan fingerprint density at radius 3 is 2.25 bits per heavy atom. The van der Waals surface area contributed by atoms with Gasteiger partial charge < -0.3 is 35.8 Å². The molecule has 15 nitrogen and oxygen atoms in total. The number of carbonyl (C=O) groups excluding carboxylic acids is 2. The van der Waals surface area contributed by atoms with E-state index in [-0.39, 0.29) is 24.6 Å². The van der Waals surface area contributed by atoms with Crippen molar-refractivity contribution < 1.29 is 24.3 Å². The second kappa shape index (κ2) is 16.6. The van der Waals surface area contributed by atoms with Crippen LogP contribution >= 0.6 is 0 Å². The Kier molecular flexibility index (Phi) is 11.0. The lowest BCUT2D eigenvalue weighted by atomic mass is 10.0. The number of aromatic amines is 2. The van der Waals surface area contributed by atoms with E-state index >= 15 is 0 Å². The summed E-state index contributed by atoms with van der Waals surface area (Å²) >= 11 is 0. The number of amides is 2. The first-order valence-corrected chi connectivity index (χ1v) is 19.3. The molecule has 0 unspecified atom stereocenters. The molecule has 0 radical (unpaired) electrons. The number of hydroxylamine groups is 2. The number of nitrogens with two attached hydrogens (primary N) is 1. The molecule has 2 aliphatic rings. The summed E-state index contributed by atoms with van der Waals surface area (Å²) in [6.07, 6.45) is 5.60. The van der Waals surface area contributed by atoms with Gasteiger partial charge in [-0.25, -0.2) is 14.8 Å². The first-order valence-electron chi connectivity index (χ1n) is 19.3. The molecule has 2 amide bonds. The number of imidazole rings is 2. The lowest BCUT2D eigenvalue weighted by molar-refractivity contribution is -0.181. The van der Waals surface area contributed by atoms with Crippen LogP contribution in [0.2, 0.25) is 0 Å². The Hall–Kier alpha value is -6.00. The van der Waals surface area contributed by atoms with Crippen molar-refractivity contribution >= 4 is 22.8 Å². The molecular formula is C42H46N10O5. The van der Waals surface area contributed by atoms with Crippen molar-refractivity contribution in [3.8, 4) is 33.9 Å². The van der Waals surface area contributed by atoms with E-state index in [1.54, 1.807) is 13.1 Å². The van der Waals surface area contributed by atoms with Gasteiger partial charge in [0.15, 0.2) is 0 Å². The van der Waals surface area contributed by atoms with Gasteiger partial charge in [-0.3, -0.25) is 9.63 Å². The fourth-order valence-electron chi connectivity index (χ4n) is 7.64. The number of alkyl carbamates (subject to hydrolysis) is 1. The van der Waals surface area contributed by atoms with E-state index in [0.717, 1.165) is 76.1 Å². The summed E-state index contributed by atoms with van der Waals surface area (Å²) in [5.74, 6) is 1.40. The Balaban J connectivity index is 0.916. The highest BCUT2D eigenvalue weighted by Crippen LogP contribution is 2.35. The minimum atomic E-state index is -0.819. The van der Waals surface area contributed by atoms with Gasteiger partial charge in [0, 0.05) is 24.2 Å². The fraction of sp³-hybridized carbons (Fsp3) is 0.333. The van der Waals surface area contributed by atoms with Gasteiger partial charge in [0.25, 0.3) is 0 Å². The van der Waals surface area contributed by atoms with Crippen LogP contribution in [-0.4, -0.2) is 96.2 Å². The van der Waals surface area contributed by atoms with Crippen molar-refractivity contribution in [1.82, 2.24) is 45.4 Å². The highest BCUT2D eigenvalue weighted by molar-refractivity contribution is 5.90. The molecule has 5 atom stereocenters. The predicted octanol–water partition coefficient (Wildman–Crippen LogP) is 5.61. The van der Waals surface area contributed by atoms with Crippen molar-refractivity contribution in [3.63, 3.8) is 0 Å². The number of carbonyl (C=O) groups is 2. The average molecular weight is 771 g/mol. The standard InChI is InChI=1S/C42H46N10O5/c1-25(53)35(48-42(55)56-2)24-57-52-19-7-11-37(52)40-44-22-33(46-40)30-15-13-27-20-29(14-12-28(27)21-30)31-16-17-32(50-49-31)34-23-45-39(47-34)36-10-6-18-51(36)41(54)38(43)26-8-4-3-5-9-26/h3-5,8-9,12-17,20-23,25,35-38,53H,6-7,10-11,18-19,24,43H2,1-2H3,(H,44,46)(H,45,47)(H,48,55)/t25-,35-,36+,37+,38-/m1/s1. The maximum Gasteiger partial charge on any atom is 0.407 e. The van der Waals surface area contributed by atoms with Crippen LogP contribution in [-0.2, 0) is 14.4 Å². The van der Waals surface area contributed by atoms with Gasteiger partial charge in [-0.1, -0.05) is 54.6 Å². The molecule has 0 aliphatic carbocycles. The van der Waals surface area contributed by atoms with E-state index in [0.29, 0.717) is 24.6 Å². The van der Waals surface area contributed by atoms with Crippen molar-refractivity contribution in [2.45, 2.75) is 62.9 Å². The number of H-pyrrole nitrogens is 2. The van der Waals surface area contributed by atoms with Crippen LogP contribution in [0.1, 0.15) is 67.9 Å². The van der Waals surface area contributed by atoms with Gasteiger partial charge >= 0.3 is 6.09 Å². The normalized spacial score (nSPS) is 18.8. The number of benzene rings is 3. The van der Waals surface area contributed by atoms with E-state index < -0.39 is 24.3 Å². The number of nitrogens with one attached hydrogen (secondary N) is 3. The summed E-state index contributed by atoms with van der Waals surface area (Å²) in [4.78, 5) is 49.2. The number of hydrogen-bond donors (Lipinski definition) is 5. The molecule has 2 aliphatic heterocycles. The van der Waals surface area contributed by atoms with Gasteiger partial charge in [-0.05, 0) is 73.2 Å². The number of methoxy groups -OCH3 is 1. The van der Waals surface area contributed by atoms with Gasteiger partial charge in [0.1, 0.15) is 23.4 Å². The molecule has 5 heterocycles. The average Bonchev–Trinajstić information content (AvgIpc) is 4.09. The van der Waals surface area contributed by atoms with Crippen LogP contribution in [0.5, 0.6) is 0 Å². The number of rotatable bonds is 12. The lowest BCUT2D eigenvalue weighted by Crippen LogP contribution is -2.46. The van der Waals surface area contributed by atoms with Crippen molar-refractivity contribution in [2.75, 3.05) is 26.8 Å². The Morgan fingerprint density at radius 2 is 1.51 bits per heavy atom. The molecule has 2 fully saturated rings. The summed E-state index contributed by atoms with van der Waals surface area (Å²) in [5, 5.41) is 25.8. The number of fused-ring (bicyclic) bond motifs is 1. The molecule has 15 heteroatoms. The molecule has 3 aromatic heterocycles. The summed E-state index contributed by atoms with van der Waals surface area (Å²) in [6, 6.07) is 24.2. The zero-order chi connectivity index (χ0) is 39.5. The predicted molar refractivity (Wildman–Crippen MR) is 213 cm³/mol. The topological polar surface area (TPSA) is 200 Å². The second-order valence-electron chi connectivity index (χ2n) is 14.6. The molecule has 2 saturated heterocycles. The molecular weight excluding hydrogens is 725 g/mol. The van der Waals surface area contributed by atoms with Crippen LogP contribution < -0.4 is 11.1 Å². The summed E-state index contributed by atoms with van der Waals surface area (Å²) in [5.41, 5.74) is 12.1. The lowest BCUT2D eigenvalue weighted by Gasteiger charge is -2.26. The van der Waals surface area contributed by atoms with Crippen molar-refractivity contribution in [3.05, 3.63) is 108 Å². The third-order valence-electron chi connectivity index (χ3n) is 10.9. The zero-order valence-electron chi connectivity index (χ0n) is 31.8. The minimum absolute atomic E-state index is 0.0877. The number of likely N-dealkylation sites (tertiary alicyclic amines) is 1. The van der Waals surface area contributed by atoms with Crippen molar-refractivity contribution in [1.29, 1.82) is 0 Å². The maximum atomic E-state index is 13.4. The fourth-order valence-corrected chi connectivity index (χ4v) is 7.64. The third kappa shape index (κ3) is 8.14. The summed E-state index contributed by atoms with van der Waals surface area (Å²) in [6.45, 7) is 3.03. The Labute approximate surface area is 329 Å². The SMILES string of the molecule is COC(=O)N[C@H](CON1CCC[C@H]1c1ncc(-c2ccc3cc(-c4ccc(-c5cnc([C@@H]6CCCN6C(=O)[C@H](N)c6ccccc6)[nH]5)nn4)ccc3c2)[nH]1)[C@@H](C)O. The minimum Gasteiger partial charge on any atom is -0.453 e. The molecule has 294 valence electrons. The monoisotopic (exact) mass is 770 g/mol.